The van der Waals surface area contributed by atoms with Gasteiger partial charge < -0.3 is 5.32 Å². The molecule has 0 bridgehead atoms. The zero-order valence-corrected chi connectivity index (χ0v) is 14.0. The van der Waals surface area contributed by atoms with Gasteiger partial charge in [-0.25, -0.2) is 4.98 Å². The Morgan fingerprint density at radius 2 is 2.08 bits per heavy atom. The van der Waals surface area contributed by atoms with E-state index in [4.69, 9.17) is 0 Å². The Hall–Kier alpha value is -2.24. The van der Waals surface area contributed by atoms with Crippen molar-refractivity contribution in [2.45, 2.75) is 32.5 Å². The molecular formula is C19H23N5. The Labute approximate surface area is 142 Å². The highest BCUT2D eigenvalue weighted by molar-refractivity contribution is 5.36. The summed E-state index contributed by atoms with van der Waals surface area (Å²) in [7, 11) is 0. The molecule has 5 nitrogen and oxygen atoms in total. The highest BCUT2D eigenvalue weighted by atomic mass is 15.2. The Bertz CT molecular complexity index is 825. The number of imidazole rings is 1. The van der Waals surface area contributed by atoms with Crippen LogP contribution < -0.4 is 5.32 Å². The standard InChI is InChI=1S/C19H23N5/c1-15(13-23-8-6-16-4-2-3-5-17(16)14-23)21-10-18-11-22-19-12-20-7-9-24(18)19/h2-5,7,9,11-12,15,21H,6,8,10,13-14H2,1H3/t15-/m0/s1. The van der Waals surface area contributed by atoms with Crippen molar-refractivity contribution in [3.8, 4) is 0 Å². The van der Waals surface area contributed by atoms with Gasteiger partial charge in [-0.2, -0.15) is 0 Å². The van der Waals surface area contributed by atoms with Crippen LogP contribution in [0.2, 0.25) is 0 Å². The van der Waals surface area contributed by atoms with Crippen LogP contribution in [-0.4, -0.2) is 38.4 Å². The van der Waals surface area contributed by atoms with Crippen LogP contribution >= 0.6 is 0 Å². The molecule has 1 N–H and O–H groups in total. The van der Waals surface area contributed by atoms with Crippen LogP contribution in [-0.2, 0) is 19.5 Å². The van der Waals surface area contributed by atoms with Crippen LogP contribution in [0.3, 0.4) is 0 Å². The second kappa shape index (κ2) is 6.71. The Balaban J connectivity index is 1.33. The number of nitrogens with zero attached hydrogens (tertiary/aromatic N) is 4. The number of nitrogens with one attached hydrogen (secondary N) is 1. The maximum absolute atomic E-state index is 4.39. The van der Waals surface area contributed by atoms with Crippen molar-refractivity contribution in [3.05, 3.63) is 65.9 Å². The lowest BCUT2D eigenvalue weighted by Gasteiger charge is -2.31. The van der Waals surface area contributed by atoms with Crippen molar-refractivity contribution < 1.29 is 0 Å². The minimum atomic E-state index is 0.433. The Kier molecular flexibility index (Phi) is 4.28. The van der Waals surface area contributed by atoms with Crippen molar-refractivity contribution in [3.63, 3.8) is 0 Å². The summed E-state index contributed by atoms with van der Waals surface area (Å²) in [4.78, 5) is 11.0. The molecular weight excluding hydrogens is 298 g/mol. The van der Waals surface area contributed by atoms with Crippen LogP contribution in [0.1, 0.15) is 23.7 Å². The van der Waals surface area contributed by atoms with Crippen molar-refractivity contribution in [2.24, 2.45) is 0 Å². The van der Waals surface area contributed by atoms with Gasteiger partial charge in [0.05, 0.1) is 18.1 Å². The van der Waals surface area contributed by atoms with Crippen molar-refractivity contribution in [2.75, 3.05) is 13.1 Å². The molecule has 3 aromatic rings. The molecule has 0 spiro atoms. The van der Waals surface area contributed by atoms with Gasteiger partial charge in [0, 0.05) is 44.6 Å². The van der Waals surface area contributed by atoms with E-state index in [1.165, 1.54) is 16.8 Å². The molecule has 1 aliphatic heterocycles. The van der Waals surface area contributed by atoms with E-state index in [-0.39, 0.29) is 0 Å². The van der Waals surface area contributed by atoms with E-state index in [0.717, 1.165) is 38.2 Å². The van der Waals surface area contributed by atoms with Gasteiger partial charge in [0.2, 0.25) is 0 Å². The number of rotatable bonds is 5. The molecule has 2 aromatic heterocycles. The van der Waals surface area contributed by atoms with E-state index in [1.807, 2.05) is 12.4 Å². The van der Waals surface area contributed by atoms with Crippen LogP contribution in [0.25, 0.3) is 5.65 Å². The normalized spacial score (nSPS) is 16.2. The van der Waals surface area contributed by atoms with Gasteiger partial charge in [-0.3, -0.25) is 14.3 Å². The number of hydrogen-bond donors (Lipinski definition) is 1. The second-order valence-corrected chi connectivity index (χ2v) is 6.59. The first-order valence-electron chi connectivity index (χ1n) is 8.58. The van der Waals surface area contributed by atoms with Crippen molar-refractivity contribution in [1.29, 1.82) is 0 Å². The van der Waals surface area contributed by atoms with Gasteiger partial charge in [-0.15, -0.1) is 0 Å². The summed E-state index contributed by atoms with van der Waals surface area (Å²) in [5, 5.41) is 3.63. The third-order valence-electron chi connectivity index (χ3n) is 4.77. The molecule has 24 heavy (non-hydrogen) atoms. The lowest BCUT2D eigenvalue weighted by Crippen LogP contribution is -2.41. The van der Waals surface area contributed by atoms with Gasteiger partial charge in [-0.05, 0) is 24.5 Å². The smallest absolute Gasteiger partial charge is 0.155 e. The zero-order valence-electron chi connectivity index (χ0n) is 14.0. The molecule has 4 rings (SSSR count). The fourth-order valence-corrected chi connectivity index (χ4v) is 3.47. The third-order valence-corrected chi connectivity index (χ3v) is 4.77. The van der Waals surface area contributed by atoms with Gasteiger partial charge in [-0.1, -0.05) is 24.3 Å². The van der Waals surface area contributed by atoms with Gasteiger partial charge >= 0.3 is 0 Å². The Morgan fingerprint density at radius 3 is 3.00 bits per heavy atom. The lowest BCUT2D eigenvalue weighted by molar-refractivity contribution is 0.229. The number of hydrogen-bond acceptors (Lipinski definition) is 4. The highest BCUT2D eigenvalue weighted by Crippen LogP contribution is 2.18. The van der Waals surface area contributed by atoms with E-state index in [2.05, 4.69) is 55.8 Å². The van der Waals surface area contributed by atoms with Crippen LogP contribution in [0.4, 0.5) is 0 Å². The maximum Gasteiger partial charge on any atom is 0.155 e. The van der Waals surface area contributed by atoms with Gasteiger partial charge in [0.1, 0.15) is 0 Å². The summed E-state index contributed by atoms with van der Waals surface area (Å²) in [6.07, 6.45) is 8.63. The highest BCUT2D eigenvalue weighted by Gasteiger charge is 2.17. The average molecular weight is 321 g/mol. The average Bonchev–Trinajstić information content (AvgIpc) is 3.03. The SMILES string of the molecule is C[C@@H](CN1CCc2ccccc2C1)NCc1cnc2cnccn12. The molecule has 0 amide bonds. The van der Waals surface area contributed by atoms with Gasteiger partial charge in [0.15, 0.2) is 5.65 Å². The van der Waals surface area contributed by atoms with Crippen LogP contribution in [0, 0.1) is 0 Å². The predicted octanol–water partition coefficient (Wildman–Crippen LogP) is 2.27. The maximum atomic E-state index is 4.39. The van der Waals surface area contributed by atoms with E-state index >= 15 is 0 Å². The van der Waals surface area contributed by atoms with E-state index in [0.29, 0.717) is 6.04 Å². The van der Waals surface area contributed by atoms with Crippen molar-refractivity contribution in [1.82, 2.24) is 24.6 Å². The lowest BCUT2D eigenvalue weighted by atomic mass is 10.00. The van der Waals surface area contributed by atoms with Crippen molar-refractivity contribution >= 4 is 5.65 Å². The fourth-order valence-electron chi connectivity index (χ4n) is 3.47. The van der Waals surface area contributed by atoms with Crippen LogP contribution in [0.5, 0.6) is 0 Å². The second-order valence-electron chi connectivity index (χ2n) is 6.59. The molecule has 0 saturated heterocycles. The molecule has 3 heterocycles. The summed E-state index contributed by atoms with van der Waals surface area (Å²) in [6.45, 7) is 6.34. The summed E-state index contributed by atoms with van der Waals surface area (Å²) < 4.78 is 2.09. The fraction of sp³-hybridized carbons (Fsp3) is 0.368. The molecule has 1 atom stereocenters. The first kappa shape index (κ1) is 15.3. The van der Waals surface area contributed by atoms with Gasteiger partial charge in [0.25, 0.3) is 0 Å². The summed E-state index contributed by atoms with van der Waals surface area (Å²) in [6, 6.07) is 9.23. The molecule has 0 fully saturated rings. The molecule has 0 radical (unpaired) electrons. The minimum Gasteiger partial charge on any atom is -0.307 e. The first-order chi connectivity index (χ1) is 11.8. The minimum absolute atomic E-state index is 0.433. The monoisotopic (exact) mass is 321 g/mol. The molecule has 0 saturated carbocycles. The van der Waals surface area contributed by atoms with E-state index in [9.17, 15) is 0 Å². The predicted molar refractivity (Wildman–Crippen MR) is 94.7 cm³/mol. The van der Waals surface area contributed by atoms with E-state index in [1.54, 1.807) is 12.4 Å². The molecule has 0 aliphatic carbocycles. The Morgan fingerprint density at radius 1 is 1.21 bits per heavy atom. The zero-order chi connectivity index (χ0) is 16.4. The third kappa shape index (κ3) is 3.18. The number of aromatic nitrogens is 3. The number of benzene rings is 1. The quantitative estimate of drug-likeness (QED) is 0.783. The molecule has 5 heteroatoms. The molecule has 1 aromatic carbocycles. The summed E-state index contributed by atoms with van der Waals surface area (Å²) >= 11 is 0. The molecule has 0 unspecified atom stereocenters. The first-order valence-corrected chi connectivity index (χ1v) is 8.58. The number of fused-ring (bicyclic) bond motifs is 2. The molecule has 124 valence electrons. The largest absolute Gasteiger partial charge is 0.307 e. The topological polar surface area (TPSA) is 45.5 Å². The van der Waals surface area contributed by atoms with E-state index < -0.39 is 0 Å². The summed E-state index contributed by atoms with van der Waals surface area (Å²) in [5.74, 6) is 0. The summed E-state index contributed by atoms with van der Waals surface area (Å²) in [5.41, 5.74) is 5.05. The molecule has 1 aliphatic rings. The van der Waals surface area contributed by atoms with Crippen LogP contribution in [0.15, 0.2) is 49.1 Å².